The number of hydrogen-bond donors (Lipinski definition) is 1. The molecule has 4 heteroatoms. The van der Waals surface area contributed by atoms with E-state index in [9.17, 15) is 0 Å². The molecule has 80 valence electrons. The maximum atomic E-state index is 4.16. The zero-order chi connectivity index (χ0) is 10.7. The van der Waals surface area contributed by atoms with Crippen LogP contribution in [0, 0.1) is 6.92 Å². The summed E-state index contributed by atoms with van der Waals surface area (Å²) < 4.78 is 2.02. The van der Waals surface area contributed by atoms with Gasteiger partial charge in [-0.15, -0.1) is 10.2 Å². The zero-order valence-electron chi connectivity index (χ0n) is 9.20. The van der Waals surface area contributed by atoms with Crippen LogP contribution in [-0.4, -0.2) is 21.1 Å². The second-order valence-corrected chi connectivity index (χ2v) is 3.73. The molecule has 0 aromatic carbocycles. The molecular formula is C11H16N4. The summed E-state index contributed by atoms with van der Waals surface area (Å²) in [5, 5.41) is 11.6. The van der Waals surface area contributed by atoms with Crippen LogP contribution in [0.4, 0.5) is 0 Å². The molecule has 15 heavy (non-hydrogen) atoms. The van der Waals surface area contributed by atoms with Crippen LogP contribution in [0.3, 0.4) is 0 Å². The average molecular weight is 204 g/mol. The van der Waals surface area contributed by atoms with Crippen molar-refractivity contribution in [3.8, 4) is 0 Å². The first kappa shape index (κ1) is 10.1. The van der Waals surface area contributed by atoms with Crippen molar-refractivity contribution in [3.63, 3.8) is 0 Å². The molecular weight excluding hydrogens is 188 g/mol. The lowest BCUT2D eigenvalue weighted by Crippen LogP contribution is -2.15. The Labute approximate surface area is 89.3 Å². The number of nitrogens with one attached hydrogen (secondary N) is 1. The number of pyridine rings is 1. The van der Waals surface area contributed by atoms with Crippen molar-refractivity contribution >= 4 is 5.65 Å². The number of hydrogen-bond acceptors (Lipinski definition) is 3. The number of aromatic nitrogens is 3. The van der Waals surface area contributed by atoms with Gasteiger partial charge >= 0.3 is 0 Å². The van der Waals surface area contributed by atoms with Crippen LogP contribution in [0.2, 0.25) is 0 Å². The van der Waals surface area contributed by atoms with E-state index < -0.39 is 0 Å². The van der Waals surface area contributed by atoms with Gasteiger partial charge in [-0.2, -0.15) is 0 Å². The Balaban J connectivity index is 2.21. The fourth-order valence-electron chi connectivity index (χ4n) is 1.54. The summed E-state index contributed by atoms with van der Waals surface area (Å²) in [6.45, 7) is 6.00. The Hall–Kier alpha value is -1.42. The fraction of sp³-hybridized carbons (Fsp3) is 0.455. The predicted octanol–water partition coefficient (Wildman–Crippen LogP) is 1.54. The van der Waals surface area contributed by atoms with Crippen LogP contribution in [0.15, 0.2) is 18.3 Å². The van der Waals surface area contributed by atoms with E-state index in [0.717, 1.165) is 31.0 Å². The molecule has 4 nitrogen and oxygen atoms in total. The van der Waals surface area contributed by atoms with Crippen molar-refractivity contribution in [3.05, 3.63) is 29.7 Å². The minimum atomic E-state index is 0.776. The number of fused-ring (bicyclic) bond motifs is 1. The maximum absolute atomic E-state index is 4.16. The largest absolute Gasteiger partial charge is 0.310 e. The molecule has 0 unspecified atom stereocenters. The predicted molar refractivity (Wildman–Crippen MR) is 59.7 cm³/mol. The molecule has 2 aromatic rings. The van der Waals surface area contributed by atoms with Crippen molar-refractivity contribution in [2.45, 2.75) is 26.8 Å². The Morgan fingerprint density at radius 1 is 1.40 bits per heavy atom. The normalized spacial score (nSPS) is 11.1. The number of aryl methyl sites for hydroxylation is 1. The third kappa shape index (κ3) is 2.15. The zero-order valence-corrected chi connectivity index (χ0v) is 9.20. The van der Waals surface area contributed by atoms with Gasteiger partial charge < -0.3 is 5.32 Å². The quantitative estimate of drug-likeness (QED) is 0.768. The highest BCUT2D eigenvalue weighted by Crippen LogP contribution is 2.06. The summed E-state index contributed by atoms with van der Waals surface area (Å²) in [7, 11) is 0. The molecule has 0 saturated heterocycles. The van der Waals surface area contributed by atoms with Crippen molar-refractivity contribution in [1.29, 1.82) is 0 Å². The Morgan fingerprint density at radius 3 is 3.07 bits per heavy atom. The molecule has 0 atom stereocenters. The van der Waals surface area contributed by atoms with Crippen molar-refractivity contribution < 1.29 is 0 Å². The van der Waals surface area contributed by atoms with Gasteiger partial charge in [0, 0.05) is 6.20 Å². The van der Waals surface area contributed by atoms with Crippen molar-refractivity contribution in [1.82, 2.24) is 19.9 Å². The SMILES string of the molecule is CCCNCc1nnc2cc(C)ccn12. The van der Waals surface area contributed by atoms with Crippen LogP contribution in [0.1, 0.15) is 24.7 Å². The lowest BCUT2D eigenvalue weighted by atomic mass is 10.3. The highest BCUT2D eigenvalue weighted by atomic mass is 15.3. The Bertz CT molecular complexity index is 447. The minimum Gasteiger partial charge on any atom is -0.310 e. The summed E-state index contributed by atoms with van der Waals surface area (Å²) in [5.74, 6) is 0.971. The molecule has 2 aromatic heterocycles. The third-order valence-electron chi connectivity index (χ3n) is 2.35. The first-order chi connectivity index (χ1) is 7.31. The number of rotatable bonds is 4. The molecule has 0 amide bonds. The molecule has 0 spiro atoms. The highest BCUT2D eigenvalue weighted by molar-refractivity contribution is 5.40. The van der Waals surface area contributed by atoms with E-state index in [1.807, 2.05) is 16.7 Å². The van der Waals surface area contributed by atoms with Crippen LogP contribution >= 0.6 is 0 Å². The van der Waals surface area contributed by atoms with E-state index in [4.69, 9.17) is 0 Å². The van der Waals surface area contributed by atoms with Gasteiger partial charge in [0.05, 0.1) is 6.54 Å². The monoisotopic (exact) mass is 204 g/mol. The summed E-state index contributed by atoms with van der Waals surface area (Å²) in [6.07, 6.45) is 3.16. The molecule has 0 bridgehead atoms. The Kier molecular flexibility index (Phi) is 2.97. The van der Waals surface area contributed by atoms with Gasteiger partial charge in [0.1, 0.15) is 0 Å². The smallest absolute Gasteiger partial charge is 0.161 e. The maximum Gasteiger partial charge on any atom is 0.161 e. The summed E-state index contributed by atoms with van der Waals surface area (Å²) in [6, 6.07) is 4.11. The molecule has 1 N–H and O–H groups in total. The molecule has 0 radical (unpaired) electrons. The van der Waals surface area contributed by atoms with E-state index in [2.05, 4.69) is 35.4 Å². The molecule has 2 rings (SSSR count). The van der Waals surface area contributed by atoms with E-state index in [1.165, 1.54) is 5.56 Å². The lowest BCUT2D eigenvalue weighted by Gasteiger charge is -2.01. The van der Waals surface area contributed by atoms with Crippen LogP contribution in [0.5, 0.6) is 0 Å². The standard InChI is InChI=1S/C11H16N4/c1-3-5-12-8-11-14-13-10-7-9(2)4-6-15(10)11/h4,6-7,12H,3,5,8H2,1-2H3. The second kappa shape index (κ2) is 4.40. The van der Waals surface area contributed by atoms with Gasteiger partial charge in [0.2, 0.25) is 0 Å². The van der Waals surface area contributed by atoms with Gasteiger partial charge in [0.25, 0.3) is 0 Å². The van der Waals surface area contributed by atoms with E-state index in [1.54, 1.807) is 0 Å². The van der Waals surface area contributed by atoms with Crippen molar-refractivity contribution in [2.24, 2.45) is 0 Å². The third-order valence-corrected chi connectivity index (χ3v) is 2.35. The summed E-state index contributed by atoms with van der Waals surface area (Å²) in [4.78, 5) is 0. The fourth-order valence-corrected chi connectivity index (χ4v) is 1.54. The first-order valence-electron chi connectivity index (χ1n) is 5.32. The molecule has 0 aliphatic heterocycles. The van der Waals surface area contributed by atoms with Gasteiger partial charge in [-0.25, -0.2) is 0 Å². The molecule has 0 aliphatic rings. The van der Waals surface area contributed by atoms with Crippen LogP contribution in [-0.2, 0) is 6.54 Å². The second-order valence-electron chi connectivity index (χ2n) is 3.73. The summed E-state index contributed by atoms with van der Waals surface area (Å²) >= 11 is 0. The van der Waals surface area contributed by atoms with Gasteiger partial charge in [-0.3, -0.25) is 4.40 Å². The van der Waals surface area contributed by atoms with Gasteiger partial charge in [0.15, 0.2) is 11.5 Å². The average Bonchev–Trinajstić information content (AvgIpc) is 2.61. The first-order valence-corrected chi connectivity index (χ1v) is 5.32. The molecule has 0 fully saturated rings. The lowest BCUT2D eigenvalue weighted by molar-refractivity contribution is 0.645. The van der Waals surface area contributed by atoms with Gasteiger partial charge in [-0.1, -0.05) is 6.92 Å². The highest BCUT2D eigenvalue weighted by Gasteiger charge is 2.03. The van der Waals surface area contributed by atoms with E-state index in [0.29, 0.717) is 0 Å². The number of nitrogens with zero attached hydrogens (tertiary/aromatic N) is 3. The molecule has 0 aliphatic carbocycles. The van der Waals surface area contributed by atoms with Crippen LogP contribution in [0.25, 0.3) is 5.65 Å². The minimum absolute atomic E-state index is 0.776. The van der Waals surface area contributed by atoms with Crippen LogP contribution < -0.4 is 5.32 Å². The summed E-state index contributed by atoms with van der Waals surface area (Å²) in [5.41, 5.74) is 2.13. The van der Waals surface area contributed by atoms with Gasteiger partial charge in [-0.05, 0) is 37.6 Å². The topological polar surface area (TPSA) is 42.2 Å². The van der Waals surface area contributed by atoms with E-state index >= 15 is 0 Å². The Morgan fingerprint density at radius 2 is 2.27 bits per heavy atom. The van der Waals surface area contributed by atoms with E-state index in [-0.39, 0.29) is 0 Å². The molecule has 2 heterocycles. The molecule has 0 saturated carbocycles. The van der Waals surface area contributed by atoms with Crippen molar-refractivity contribution in [2.75, 3.05) is 6.54 Å².